The number of halogens is 1. The van der Waals surface area contributed by atoms with E-state index in [4.69, 9.17) is 11.6 Å². The van der Waals surface area contributed by atoms with Gasteiger partial charge >= 0.3 is 0 Å². The van der Waals surface area contributed by atoms with Gasteiger partial charge in [-0.05, 0) is 12.1 Å². The molecule has 0 bridgehead atoms. The molecule has 0 amide bonds. The zero-order valence-electron chi connectivity index (χ0n) is 7.15. The van der Waals surface area contributed by atoms with E-state index in [1.807, 2.05) is 0 Å². The zero-order chi connectivity index (χ0) is 10.1. The van der Waals surface area contributed by atoms with Crippen LogP contribution < -0.4 is 0 Å². The van der Waals surface area contributed by atoms with E-state index in [2.05, 4.69) is 11.1 Å². The fourth-order valence-electron chi connectivity index (χ4n) is 0.679. The summed E-state index contributed by atoms with van der Waals surface area (Å²) in [6.45, 7) is 0. The summed E-state index contributed by atoms with van der Waals surface area (Å²) in [6.07, 6.45) is 0. The molecule has 0 aromatic carbocycles. The summed E-state index contributed by atoms with van der Waals surface area (Å²) >= 11 is 5.51. The molecular weight excluding hydrogens is 212 g/mol. The first-order valence-electron chi connectivity index (χ1n) is 3.41. The number of pyridine rings is 1. The minimum absolute atomic E-state index is 0.0444. The molecule has 1 heterocycles. The molecule has 1 rings (SSSR count). The average Bonchev–Trinajstić information content (AvgIpc) is 2.04. The van der Waals surface area contributed by atoms with Crippen molar-refractivity contribution >= 4 is 21.6 Å². The van der Waals surface area contributed by atoms with Crippen LogP contribution in [0.25, 0.3) is 0 Å². The number of rotatable bonds is 2. The van der Waals surface area contributed by atoms with Crippen LogP contribution in [0.5, 0.6) is 0 Å². The standard InChI is InChI=1S/C7H8ClN2O2S/c1-10(2)13(11,12)7-5-3-4-6(8)9-7/h3,5H,1-2H3. The van der Waals surface area contributed by atoms with E-state index in [1.54, 1.807) is 0 Å². The SMILES string of the molecule is CN(C)S(=O)(=O)c1cc[c]c(Cl)n1. The Morgan fingerprint density at radius 3 is 2.62 bits per heavy atom. The van der Waals surface area contributed by atoms with Crippen molar-refractivity contribution in [1.29, 1.82) is 0 Å². The molecule has 1 aromatic rings. The summed E-state index contributed by atoms with van der Waals surface area (Å²) in [5, 5.41) is -0.0239. The Morgan fingerprint density at radius 1 is 1.54 bits per heavy atom. The highest BCUT2D eigenvalue weighted by atomic mass is 35.5. The molecule has 0 spiro atoms. The molecule has 0 atom stereocenters. The first-order chi connectivity index (χ1) is 5.94. The molecule has 0 unspecified atom stereocenters. The van der Waals surface area contributed by atoms with Gasteiger partial charge in [0.15, 0.2) is 5.03 Å². The van der Waals surface area contributed by atoms with Gasteiger partial charge < -0.3 is 0 Å². The highest BCUT2D eigenvalue weighted by molar-refractivity contribution is 7.89. The van der Waals surface area contributed by atoms with Crippen LogP contribution in [0.15, 0.2) is 17.2 Å². The summed E-state index contributed by atoms with van der Waals surface area (Å²) in [4.78, 5) is 3.65. The van der Waals surface area contributed by atoms with Crippen LogP contribution >= 0.6 is 11.6 Å². The fourth-order valence-corrected chi connectivity index (χ4v) is 1.70. The normalized spacial score (nSPS) is 12.0. The van der Waals surface area contributed by atoms with Gasteiger partial charge in [-0.1, -0.05) is 11.6 Å². The molecule has 0 aliphatic rings. The topological polar surface area (TPSA) is 50.3 Å². The lowest BCUT2D eigenvalue weighted by Crippen LogP contribution is -2.23. The molecule has 0 aliphatic heterocycles. The fraction of sp³-hybridized carbons (Fsp3) is 0.286. The molecule has 0 saturated heterocycles. The van der Waals surface area contributed by atoms with Crippen molar-refractivity contribution in [1.82, 2.24) is 9.29 Å². The van der Waals surface area contributed by atoms with Crippen molar-refractivity contribution in [3.05, 3.63) is 23.4 Å². The van der Waals surface area contributed by atoms with Gasteiger partial charge in [0.25, 0.3) is 10.0 Å². The Balaban J connectivity index is 3.24. The molecule has 4 nitrogen and oxygen atoms in total. The highest BCUT2D eigenvalue weighted by Crippen LogP contribution is 2.12. The Labute approximate surface area is 82.2 Å². The van der Waals surface area contributed by atoms with Crippen molar-refractivity contribution in [2.24, 2.45) is 0 Å². The van der Waals surface area contributed by atoms with Crippen LogP contribution in [0.1, 0.15) is 0 Å². The molecule has 6 heteroatoms. The molecule has 0 saturated carbocycles. The average molecular weight is 220 g/mol. The monoisotopic (exact) mass is 219 g/mol. The summed E-state index contributed by atoms with van der Waals surface area (Å²) in [6, 6.07) is 5.32. The van der Waals surface area contributed by atoms with Crippen LogP contribution in [0.3, 0.4) is 0 Å². The lowest BCUT2D eigenvalue weighted by atomic mass is 10.5. The minimum Gasteiger partial charge on any atom is -0.222 e. The third-order valence-electron chi connectivity index (χ3n) is 1.38. The highest BCUT2D eigenvalue weighted by Gasteiger charge is 2.18. The lowest BCUT2D eigenvalue weighted by Gasteiger charge is -2.09. The third kappa shape index (κ3) is 2.18. The molecular formula is C7H8ClN2O2S. The summed E-state index contributed by atoms with van der Waals surface area (Å²) in [7, 11) is -0.617. The lowest BCUT2D eigenvalue weighted by molar-refractivity contribution is 0.517. The number of sulfonamides is 1. The zero-order valence-corrected chi connectivity index (χ0v) is 8.72. The van der Waals surface area contributed by atoms with Crippen molar-refractivity contribution in [2.75, 3.05) is 14.1 Å². The van der Waals surface area contributed by atoms with E-state index in [0.29, 0.717) is 0 Å². The first kappa shape index (κ1) is 10.4. The first-order valence-corrected chi connectivity index (χ1v) is 5.23. The molecule has 1 aromatic heterocycles. The van der Waals surface area contributed by atoms with E-state index in [0.717, 1.165) is 4.31 Å². The molecule has 0 N–H and O–H groups in total. The maximum atomic E-state index is 11.5. The maximum Gasteiger partial charge on any atom is 0.260 e. The smallest absolute Gasteiger partial charge is 0.222 e. The second-order valence-electron chi connectivity index (χ2n) is 2.51. The van der Waals surface area contributed by atoms with Crippen LogP contribution in [0, 0.1) is 6.07 Å². The number of hydrogen-bond acceptors (Lipinski definition) is 3. The molecule has 1 radical (unpaired) electrons. The van der Waals surface area contributed by atoms with E-state index < -0.39 is 10.0 Å². The van der Waals surface area contributed by atoms with Crippen molar-refractivity contribution in [3.63, 3.8) is 0 Å². The van der Waals surface area contributed by atoms with Crippen molar-refractivity contribution in [2.45, 2.75) is 5.03 Å². The third-order valence-corrected chi connectivity index (χ3v) is 3.29. The predicted octanol–water partition coefficient (Wildman–Crippen LogP) is 0.785. The largest absolute Gasteiger partial charge is 0.260 e. The Morgan fingerprint density at radius 2 is 2.15 bits per heavy atom. The van der Waals surface area contributed by atoms with Crippen LogP contribution in [0.4, 0.5) is 0 Å². The predicted molar refractivity (Wildman–Crippen MR) is 49.0 cm³/mol. The van der Waals surface area contributed by atoms with E-state index in [9.17, 15) is 8.42 Å². The van der Waals surface area contributed by atoms with Crippen LogP contribution in [-0.4, -0.2) is 31.8 Å². The molecule has 71 valence electrons. The quantitative estimate of drug-likeness (QED) is 0.691. The van der Waals surface area contributed by atoms with Gasteiger partial charge in [0.05, 0.1) is 0 Å². The summed E-state index contributed by atoms with van der Waals surface area (Å²) in [5.74, 6) is 0. The summed E-state index contributed by atoms with van der Waals surface area (Å²) in [5.41, 5.74) is 0. The van der Waals surface area contributed by atoms with Crippen LogP contribution in [-0.2, 0) is 10.0 Å². The Bertz CT molecular complexity index is 403. The second-order valence-corrected chi connectivity index (χ2v) is 4.96. The molecule has 13 heavy (non-hydrogen) atoms. The Hall–Kier alpha value is -0.650. The van der Waals surface area contributed by atoms with Gasteiger partial charge in [-0.2, -0.15) is 0 Å². The van der Waals surface area contributed by atoms with E-state index in [1.165, 1.54) is 26.2 Å². The molecule has 0 fully saturated rings. The van der Waals surface area contributed by atoms with E-state index in [-0.39, 0.29) is 10.2 Å². The van der Waals surface area contributed by atoms with Crippen LogP contribution in [0.2, 0.25) is 5.15 Å². The Kier molecular flexibility index (Phi) is 2.90. The van der Waals surface area contributed by atoms with Crippen molar-refractivity contribution < 1.29 is 8.42 Å². The van der Waals surface area contributed by atoms with E-state index >= 15 is 0 Å². The second kappa shape index (κ2) is 3.61. The van der Waals surface area contributed by atoms with Gasteiger partial charge in [0.1, 0.15) is 5.15 Å². The number of aromatic nitrogens is 1. The van der Waals surface area contributed by atoms with Gasteiger partial charge in [0, 0.05) is 20.2 Å². The number of hydrogen-bond donors (Lipinski definition) is 0. The van der Waals surface area contributed by atoms with Crippen molar-refractivity contribution in [3.8, 4) is 0 Å². The minimum atomic E-state index is -3.48. The maximum absolute atomic E-state index is 11.5. The van der Waals surface area contributed by atoms with Gasteiger partial charge in [-0.15, -0.1) is 0 Å². The van der Waals surface area contributed by atoms with Gasteiger partial charge in [0.2, 0.25) is 0 Å². The molecule has 0 aliphatic carbocycles. The van der Waals surface area contributed by atoms with Gasteiger partial charge in [-0.25, -0.2) is 17.7 Å². The summed E-state index contributed by atoms with van der Waals surface area (Å²) < 4.78 is 24.0. The number of nitrogens with zero attached hydrogens (tertiary/aromatic N) is 2. The van der Waals surface area contributed by atoms with Gasteiger partial charge in [-0.3, -0.25) is 0 Å².